The second-order valence-corrected chi connectivity index (χ2v) is 3.44. The van der Waals surface area contributed by atoms with Crippen LogP contribution in [0.5, 0.6) is 0 Å². The van der Waals surface area contributed by atoms with Gasteiger partial charge in [0.05, 0.1) is 22.5 Å². The third kappa shape index (κ3) is 5.26. The number of non-ortho nitro benzene ring substituents is 1. The van der Waals surface area contributed by atoms with E-state index in [1.54, 1.807) is 6.92 Å². The van der Waals surface area contributed by atoms with Gasteiger partial charge in [0.2, 0.25) is 5.96 Å². The molecule has 0 saturated carbocycles. The number of nitrogens with zero attached hydrogens (tertiary/aromatic N) is 4. The van der Waals surface area contributed by atoms with Crippen molar-refractivity contribution in [1.82, 2.24) is 0 Å². The molecule has 0 aliphatic heterocycles. The van der Waals surface area contributed by atoms with Gasteiger partial charge in [0.25, 0.3) is 5.69 Å². The maximum absolute atomic E-state index is 10.4. The summed E-state index contributed by atoms with van der Waals surface area (Å²) in [5, 5.41) is 21.4. The summed E-state index contributed by atoms with van der Waals surface area (Å²) in [6, 6.07) is 5.83. The van der Waals surface area contributed by atoms with Crippen LogP contribution in [0.3, 0.4) is 0 Å². The van der Waals surface area contributed by atoms with Crippen LogP contribution in [0.2, 0.25) is 0 Å². The highest BCUT2D eigenvalue weighted by Gasteiger charge is 2.02. The van der Waals surface area contributed by atoms with E-state index in [9.17, 15) is 10.1 Å². The molecular weight excluding hydrogens is 250 g/mol. The minimum Gasteiger partial charge on any atom is -0.369 e. The summed E-state index contributed by atoms with van der Waals surface area (Å²) in [6.07, 6.45) is 1.41. The highest BCUT2D eigenvalue weighted by atomic mass is 16.6. The summed E-state index contributed by atoms with van der Waals surface area (Å²) in [6.45, 7) is 1.66. The van der Waals surface area contributed by atoms with Crippen LogP contribution >= 0.6 is 0 Å². The normalized spacial score (nSPS) is 11.3. The number of nitro benzene ring substituents is 1. The van der Waals surface area contributed by atoms with Crippen molar-refractivity contribution in [2.45, 2.75) is 6.92 Å². The van der Waals surface area contributed by atoms with Crippen LogP contribution in [0.4, 0.5) is 11.4 Å². The molecule has 0 heterocycles. The number of anilines is 1. The number of hydrazone groups is 1. The topological polar surface area (TPSA) is 144 Å². The molecule has 9 nitrogen and oxygen atoms in total. The number of nitrogens with two attached hydrogens (primary N) is 2. The second kappa shape index (κ2) is 6.69. The first-order chi connectivity index (χ1) is 8.99. The van der Waals surface area contributed by atoms with E-state index in [1.165, 1.54) is 30.5 Å². The smallest absolute Gasteiger partial charge is 0.269 e. The molecule has 0 aliphatic carbocycles. The molecule has 19 heavy (non-hydrogen) atoms. The molecule has 0 bridgehead atoms. The van der Waals surface area contributed by atoms with Crippen LogP contribution in [0.25, 0.3) is 0 Å². The van der Waals surface area contributed by atoms with Gasteiger partial charge >= 0.3 is 0 Å². The Bertz CT molecular complexity index is 529. The van der Waals surface area contributed by atoms with Gasteiger partial charge in [0, 0.05) is 12.1 Å². The summed E-state index contributed by atoms with van der Waals surface area (Å²) < 4.78 is 0. The molecule has 0 aliphatic rings. The van der Waals surface area contributed by atoms with Crippen LogP contribution in [-0.2, 0) is 0 Å². The predicted molar refractivity (Wildman–Crippen MR) is 74.1 cm³/mol. The van der Waals surface area contributed by atoms with Crippen molar-refractivity contribution in [3.63, 3.8) is 0 Å². The molecule has 5 N–H and O–H groups in total. The van der Waals surface area contributed by atoms with E-state index in [4.69, 9.17) is 11.5 Å². The van der Waals surface area contributed by atoms with Gasteiger partial charge in [-0.2, -0.15) is 10.2 Å². The van der Waals surface area contributed by atoms with E-state index in [2.05, 4.69) is 20.7 Å². The van der Waals surface area contributed by atoms with E-state index in [-0.39, 0.29) is 11.6 Å². The number of benzene rings is 1. The maximum Gasteiger partial charge on any atom is 0.269 e. The largest absolute Gasteiger partial charge is 0.369 e. The average molecular weight is 263 g/mol. The van der Waals surface area contributed by atoms with Crippen LogP contribution in [0, 0.1) is 10.1 Å². The molecule has 0 fully saturated rings. The summed E-state index contributed by atoms with van der Waals surface area (Å²) in [4.78, 5) is 9.98. The van der Waals surface area contributed by atoms with Crippen molar-refractivity contribution < 1.29 is 4.92 Å². The van der Waals surface area contributed by atoms with Crippen LogP contribution < -0.4 is 16.9 Å². The Balaban J connectivity index is 2.59. The first-order valence-corrected chi connectivity index (χ1v) is 5.16. The lowest BCUT2D eigenvalue weighted by molar-refractivity contribution is -0.384. The van der Waals surface area contributed by atoms with E-state index in [0.29, 0.717) is 11.4 Å². The number of hydrogen-bond acceptors (Lipinski definition) is 6. The highest BCUT2D eigenvalue weighted by Crippen LogP contribution is 2.14. The molecule has 0 spiro atoms. The molecular formula is C10H13N7O2. The minimum absolute atomic E-state index is 0.0139. The van der Waals surface area contributed by atoms with Crippen LogP contribution in [0.1, 0.15) is 6.92 Å². The Morgan fingerprint density at radius 1 is 1.32 bits per heavy atom. The standard InChI is InChI=1S/C10H13N7O2/c1-7(14-16-10(11)12)6-13-15-8-2-4-9(5-3-8)17(18)19/h2-6,15H,1H3,(H4,11,12,16)/b13-6+,14-7-. The molecule has 1 rings (SSSR count). The molecule has 0 saturated heterocycles. The summed E-state index contributed by atoms with van der Waals surface area (Å²) in [5.74, 6) is -0.143. The SMILES string of the molecule is CC(/C=N/Nc1ccc([N+](=O)[O-])cc1)=N/N=C(N)N. The van der Waals surface area contributed by atoms with Crippen molar-refractivity contribution in [2.24, 2.45) is 26.8 Å². The van der Waals surface area contributed by atoms with Gasteiger partial charge in [-0.25, -0.2) is 0 Å². The fourth-order valence-electron chi connectivity index (χ4n) is 1.02. The first kappa shape index (κ1) is 14.1. The minimum atomic E-state index is -0.473. The third-order valence-electron chi connectivity index (χ3n) is 1.85. The molecule has 0 atom stereocenters. The van der Waals surface area contributed by atoms with Crippen molar-refractivity contribution in [2.75, 3.05) is 5.43 Å². The average Bonchev–Trinajstić information content (AvgIpc) is 2.37. The molecule has 100 valence electrons. The Labute approximate surface area is 108 Å². The second-order valence-electron chi connectivity index (χ2n) is 3.44. The molecule has 9 heteroatoms. The summed E-state index contributed by atoms with van der Waals surface area (Å²) >= 11 is 0. The lowest BCUT2D eigenvalue weighted by Gasteiger charge is -1.98. The Hall–Kier alpha value is -2.97. The number of guanidine groups is 1. The first-order valence-electron chi connectivity index (χ1n) is 5.16. The van der Waals surface area contributed by atoms with Gasteiger partial charge in [0.15, 0.2) is 0 Å². The Morgan fingerprint density at radius 3 is 2.47 bits per heavy atom. The zero-order chi connectivity index (χ0) is 14.3. The molecule has 1 aromatic rings. The number of hydrogen-bond donors (Lipinski definition) is 3. The molecule has 0 amide bonds. The van der Waals surface area contributed by atoms with Crippen molar-refractivity contribution in [3.8, 4) is 0 Å². The van der Waals surface area contributed by atoms with Crippen molar-refractivity contribution in [3.05, 3.63) is 34.4 Å². The fourth-order valence-corrected chi connectivity index (χ4v) is 1.02. The van der Waals surface area contributed by atoms with Gasteiger partial charge in [-0.15, -0.1) is 5.10 Å². The quantitative estimate of drug-likeness (QED) is 0.309. The zero-order valence-corrected chi connectivity index (χ0v) is 10.1. The highest BCUT2D eigenvalue weighted by molar-refractivity contribution is 6.29. The van der Waals surface area contributed by atoms with Gasteiger partial charge in [-0.3, -0.25) is 15.5 Å². The maximum atomic E-state index is 10.4. The van der Waals surface area contributed by atoms with E-state index < -0.39 is 4.92 Å². The van der Waals surface area contributed by atoms with Crippen LogP contribution in [-0.4, -0.2) is 22.8 Å². The van der Waals surface area contributed by atoms with Gasteiger partial charge < -0.3 is 11.5 Å². The summed E-state index contributed by atoms with van der Waals surface area (Å²) in [5.41, 5.74) is 14.0. The number of rotatable bonds is 5. The molecule has 0 unspecified atom stereocenters. The monoisotopic (exact) mass is 263 g/mol. The molecule has 0 radical (unpaired) electrons. The summed E-state index contributed by atoms with van der Waals surface area (Å²) in [7, 11) is 0. The van der Waals surface area contributed by atoms with Crippen molar-refractivity contribution >= 4 is 29.3 Å². The molecule has 1 aromatic carbocycles. The lowest BCUT2D eigenvalue weighted by Crippen LogP contribution is -2.22. The van der Waals surface area contributed by atoms with E-state index in [1.807, 2.05) is 0 Å². The van der Waals surface area contributed by atoms with Gasteiger partial charge in [-0.1, -0.05) is 0 Å². The Morgan fingerprint density at radius 2 is 1.95 bits per heavy atom. The lowest BCUT2D eigenvalue weighted by atomic mass is 10.3. The van der Waals surface area contributed by atoms with Gasteiger partial charge in [0.1, 0.15) is 0 Å². The Kier molecular flexibility index (Phi) is 4.96. The predicted octanol–water partition coefficient (Wildman–Crippen LogP) is 0.642. The number of nitro groups is 1. The van der Waals surface area contributed by atoms with Crippen molar-refractivity contribution in [1.29, 1.82) is 0 Å². The van der Waals surface area contributed by atoms with E-state index in [0.717, 1.165) is 0 Å². The number of nitrogens with one attached hydrogen (secondary N) is 1. The van der Waals surface area contributed by atoms with Crippen LogP contribution in [0.15, 0.2) is 39.6 Å². The van der Waals surface area contributed by atoms with Gasteiger partial charge in [-0.05, 0) is 19.1 Å². The van der Waals surface area contributed by atoms with E-state index >= 15 is 0 Å². The fraction of sp³-hybridized carbons (Fsp3) is 0.100. The molecule has 0 aromatic heterocycles. The third-order valence-corrected chi connectivity index (χ3v) is 1.85. The zero-order valence-electron chi connectivity index (χ0n) is 10.1.